The lowest BCUT2D eigenvalue weighted by Crippen LogP contribution is -2.58. The Morgan fingerprint density at radius 1 is 1.38 bits per heavy atom. The van der Waals surface area contributed by atoms with Crippen molar-refractivity contribution in [3.63, 3.8) is 0 Å². The summed E-state index contributed by atoms with van der Waals surface area (Å²) in [5.74, 6) is 0.922. The van der Waals surface area contributed by atoms with Gasteiger partial charge in [-0.25, -0.2) is 13.7 Å². The van der Waals surface area contributed by atoms with Gasteiger partial charge in [0.25, 0.3) is 0 Å². The Bertz CT molecular complexity index is 834. The predicted molar refractivity (Wildman–Crippen MR) is 112 cm³/mol. The Kier molecular flexibility index (Phi) is 5.28. The van der Waals surface area contributed by atoms with E-state index in [0.717, 1.165) is 44.0 Å². The zero-order chi connectivity index (χ0) is 21.0. The summed E-state index contributed by atoms with van der Waals surface area (Å²) >= 11 is 0. The minimum atomic E-state index is -3.35. The van der Waals surface area contributed by atoms with Gasteiger partial charge in [0.15, 0.2) is 5.69 Å². The van der Waals surface area contributed by atoms with Crippen molar-refractivity contribution in [1.29, 1.82) is 5.26 Å². The molecule has 2 saturated heterocycles. The van der Waals surface area contributed by atoms with Crippen LogP contribution in [0.25, 0.3) is 0 Å². The van der Waals surface area contributed by atoms with Crippen molar-refractivity contribution >= 4 is 16.6 Å². The highest BCUT2D eigenvalue weighted by Gasteiger charge is 2.56. The Labute approximate surface area is 173 Å². The van der Waals surface area contributed by atoms with Gasteiger partial charge in [-0.3, -0.25) is 9.11 Å². The molecule has 0 bridgehead atoms. The Balaban J connectivity index is 1.65. The van der Waals surface area contributed by atoms with Gasteiger partial charge in [0.1, 0.15) is 11.9 Å². The molecule has 4 unspecified atom stereocenters. The van der Waals surface area contributed by atoms with Crippen LogP contribution in [0.1, 0.15) is 45.2 Å². The minimum absolute atomic E-state index is 0.0134. The number of hydrogen-bond acceptors (Lipinski definition) is 7. The standard InChI is InChI=1S/C20H30FN5O2S/c1-14-4-5-16(14)12-25-7-6-20(9-15(25)2)13-24(3)29(27,28)26(20)19-8-17(21)11-23-18(19)10-22/h8,11,14-16,27-28H,4-7,9,12-13H2,1-3H3. The Morgan fingerprint density at radius 3 is 2.72 bits per heavy atom. The van der Waals surface area contributed by atoms with Crippen LogP contribution >= 0.6 is 11.0 Å². The fraction of sp³-hybridized carbons (Fsp3) is 0.700. The SMILES string of the molecule is CC1CCC1CN1CCC2(CC1C)CN(C)S(O)(O)N2c1cc(F)cnc1C#N. The van der Waals surface area contributed by atoms with Crippen LogP contribution in [0.15, 0.2) is 12.3 Å². The molecule has 1 aliphatic carbocycles. The lowest BCUT2D eigenvalue weighted by Gasteiger charge is -2.52. The molecule has 9 heteroatoms. The van der Waals surface area contributed by atoms with Gasteiger partial charge in [0.05, 0.1) is 17.4 Å². The lowest BCUT2D eigenvalue weighted by molar-refractivity contribution is 0.0528. The van der Waals surface area contributed by atoms with Gasteiger partial charge in [0.2, 0.25) is 0 Å². The van der Waals surface area contributed by atoms with E-state index in [1.165, 1.54) is 27.5 Å². The number of hydrogen-bond donors (Lipinski definition) is 2. The van der Waals surface area contributed by atoms with Gasteiger partial charge in [0, 0.05) is 38.8 Å². The van der Waals surface area contributed by atoms with Crippen molar-refractivity contribution in [2.24, 2.45) is 11.8 Å². The number of nitrogens with zero attached hydrogens (tertiary/aromatic N) is 5. The van der Waals surface area contributed by atoms with Crippen molar-refractivity contribution in [3.05, 3.63) is 23.8 Å². The highest BCUT2D eigenvalue weighted by molar-refractivity contribution is 8.23. The molecular formula is C20H30FN5O2S. The van der Waals surface area contributed by atoms with E-state index < -0.39 is 22.3 Å². The molecule has 7 nitrogen and oxygen atoms in total. The molecule has 3 fully saturated rings. The minimum Gasteiger partial charge on any atom is -0.300 e. The predicted octanol–water partition coefficient (Wildman–Crippen LogP) is 3.69. The molecule has 160 valence electrons. The summed E-state index contributed by atoms with van der Waals surface area (Å²) in [6.45, 7) is 6.87. The largest absolute Gasteiger partial charge is 0.300 e. The van der Waals surface area contributed by atoms with Crippen molar-refractivity contribution in [2.75, 3.05) is 31.0 Å². The molecule has 1 saturated carbocycles. The summed E-state index contributed by atoms with van der Waals surface area (Å²) in [4.78, 5) is 6.40. The first-order chi connectivity index (χ1) is 13.7. The molecular weight excluding hydrogens is 393 g/mol. The van der Waals surface area contributed by atoms with Crippen LogP contribution in [0.3, 0.4) is 0 Å². The van der Waals surface area contributed by atoms with E-state index in [4.69, 9.17) is 0 Å². The number of nitriles is 1. The van der Waals surface area contributed by atoms with Crippen LogP contribution in [0.2, 0.25) is 0 Å². The van der Waals surface area contributed by atoms with E-state index >= 15 is 0 Å². The summed E-state index contributed by atoms with van der Waals surface area (Å²) in [5.41, 5.74) is -0.389. The summed E-state index contributed by atoms with van der Waals surface area (Å²) in [5, 5.41) is 9.51. The van der Waals surface area contributed by atoms with Gasteiger partial charge < -0.3 is 4.90 Å². The van der Waals surface area contributed by atoms with Crippen molar-refractivity contribution in [2.45, 2.75) is 51.1 Å². The van der Waals surface area contributed by atoms with Gasteiger partial charge >= 0.3 is 0 Å². The zero-order valence-corrected chi connectivity index (χ0v) is 18.1. The van der Waals surface area contributed by atoms with E-state index in [-0.39, 0.29) is 17.4 Å². The molecule has 1 aromatic heterocycles. The number of likely N-dealkylation sites (N-methyl/N-ethyl adjacent to an activating group) is 1. The van der Waals surface area contributed by atoms with E-state index in [1.807, 2.05) is 6.07 Å². The number of anilines is 1. The van der Waals surface area contributed by atoms with E-state index in [2.05, 4.69) is 23.7 Å². The maximum atomic E-state index is 14.0. The van der Waals surface area contributed by atoms with Crippen molar-refractivity contribution in [1.82, 2.24) is 14.2 Å². The first kappa shape index (κ1) is 20.8. The summed E-state index contributed by atoms with van der Waals surface area (Å²) in [6, 6.07) is 3.44. The first-order valence-electron chi connectivity index (χ1n) is 10.3. The fourth-order valence-corrected chi connectivity index (χ4v) is 7.12. The number of aromatic nitrogens is 1. The van der Waals surface area contributed by atoms with Crippen LogP contribution < -0.4 is 4.31 Å². The van der Waals surface area contributed by atoms with Gasteiger partial charge in [-0.15, -0.1) is 0 Å². The van der Waals surface area contributed by atoms with E-state index in [1.54, 1.807) is 7.05 Å². The Morgan fingerprint density at radius 2 is 2.14 bits per heavy atom. The van der Waals surface area contributed by atoms with Crippen LogP contribution in [0.5, 0.6) is 0 Å². The molecule has 0 radical (unpaired) electrons. The lowest BCUT2D eigenvalue weighted by atomic mass is 9.73. The molecule has 1 spiro atoms. The van der Waals surface area contributed by atoms with Crippen molar-refractivity contribution in [3.8, 4) is 6.07 Å². The average Bonchev–Trinajstić information content (AvgIpc) is 2.84. The number of pyridine rings is 1. The molecule has 4 atom stereocenters. The third-order valence-corrected chi connectivity index (χ3v) is 9.24. The number of likely N-dealkylation sites (tertiary alicyclic amines) is 1. The highest BCUT2D eigenvalue weighted by atomic mass is 32.3. The Hall–Kier alpha value is -1.44. The second kappa shape index (κ2) is 7.36. The molecule has 29 heavy (non-hydrogen) atoms. The monoisotopic (exact) mass is 423 g/mol. The third-order valence-electron chi connectivity index (χ3n) is 7.20. The van der Waals surface area contributed by atoms with Crippen LogP contribution in [0.4, 0.5) is 10.1 Å². The number of halogens is 1. The van der Waals surface area contributed by atoms with Crippen LogP contribution in [0, 0.1) is 29.0 Å². The topological polar surface area (TPSA) is 86.9 Å². The maximum Gasteiger partial charge on any atom is 0.165 e. The zero-order valence-electron chi connectivity index (χ0n) is 17.3. The van der Waals surface area contributed by atoms with Crippen LogP contribution in [-0.2, 0) is 0 Å². The maximum absolute atomic E-state index is 14.0. The molecule has 3 aliphatic rings. The van der Waals surface area contributed by atoms with Gasteiger partial charge in [-0.05, 0) is 49.0 Å². The molecule has 2 aliphatic heterocycles. The number of piperidine rings is 1. The third kappa shape index (κ3) is 3.41. The highest BCUT2D eigenvalue weighted by Crippen LogP contribution is 2.61. The molecule has 3 heterocycles. The van der Waals surface area contributed by atoms with E-state index in [0.29, 0.717) is 6.54 Å². The van der Waals surface area contributed by atoms with E-state index in [9.17, 15) is 18.8 Å². The fourth-order valence-electron chi connectivity index (χ4n) is 5.28. The molecule has 1 aromatic rings. The molecule has 4 rings (SSSR count). The number of rotatable bonds is 3. The summed E-state index contributed by atoms with van der Waals surface area (Å²) < 4.78 is 39.1. The second-order valence-electron chi connectivity index (χ2n) is 9.04. The second-order valence-corrected chi connectivity index (χ2v) is 11.0. The molecule has 0 amide bonds. The smallest absolute Gasteiger partial charge is 0.165 e. The van der Waals surface area contributed by atoms with Gasteiger partial charge in [-0.2, -0.15) is 9.57 Å². The summed E-state index contributed by atoms with van der Waals surface area (Å²) in [7, 11) is -1.68. The molecule has 2 N–H and O–H groups in total. The van der Waals surface area contributed by atoms with Gasteiger partial charge in [-0.1, -0.05) is 13.3 Å². The average molecular weight is 424 g/mol. The first-order valence-corrected chi connectivity index (χ1v) is 11.7. The quantitative estimate of drug-likeness (QED) is 0.767. The van der Waals surface area contributed by atoms with Crippen molar-refractivity contribution < 1.29 is 13.5 Å². The summed E-state index contributed by atoms with van der Waals surface area (Å²) in [6.07, 6.45) is 5.02. The van der Waals surface area contributed by atoms with Crippen LogP contribution in [-0.4, -0.2) is 61.6 Å². The normalized spacial score (nSPS) is 36.0. The molecule has 0 aromatic carbocycles.